The molecule has 0 aromatic carbocycles. The molecular weight excluding hydrogens is 357 g/mol. The summed E-state index contributed by atoms with van der Waals surface area (Å²) in [6.07, 6.45) is -5.63. The molecular formula is C13H18F9NO. The van der Waals surface area contributed by atoms with Crippen LogP contribution in [0.5, 0.6) is 0 Å². The van der Waals surface area contributed by atoms with Gasteiger partial charge in [-0.15, -0.1) is 0 Å². The highest BCUT2D eigenvalue weighted by Gasteiger charge is 2.81. The Kier molecular flexibility index (Phi) is 8.39. The van der Waals surface area contributed by atoms with Crippen molar-refractivity contribution < 1.29 is 44.3 Å². The lowest BCUT2D eigenvalue weighted by atomic mass is 10.0. The summed E-state index contributed by atoms with van der Waals surface area (Å²) in [6.45, 7) is 5.93. The molecule has 0 radical (unpaired) electrons. The number of amides is 1. The van der Waals surface area contributed by atoms with Crippen LogP contribution < -0.4 is 0 Å². The van der Waals surface area contributed by atoms with Gasteiger partial charge < -0.3 is 4.90 Å². The average molecular weight is 375 g/mol. The minimum atomic E-state index is -6.96. The van der Waals surface area contributed by atoms with E-state index in [1.807, 2.05) is 0 Å². The number of carbonyl (C=O) groups excluding carboxylic acids is 1. The fraction of sp³-hybridized carbons (Fsp3) is 0.769. The summed E-state index contributed by atoms with van der Waals surface area (Å²) in [7, 11) is 0.534. The molecule has 0 bridgehead atoms. The summed E-state index contributed by atoms with van der Waals surface area (Å²) in [5, 5.41) is 0. The smallest absolute Gasteiger partial charge is 0.336 e. The molecule has 1 amide bonds. The Balaban J connectivity index is 0. The molecule has 144 valence electrons. The zero-order valence-corrected chi connectivity index (χ0v) is 13.4. The second-order valence-corrected chi connectivity index (χ2v) is 5.00. The van der Waals surface area contributed by atoms with Crippen molar-refractivity contribution in [1.29, 1.82) is 0 Å². The minimum Gasteiger partial charge on any atom is -0.336 e. The molecule has 0 aliphatic rings. The molecule has 0 atom stereocenters. The highest BCUT2D eigenvalue weighted by molar-refractivity contribution is 5.92. The molecule has 11 heteroatoms. The second kappa shape index (κ2) is 8.11. The third-order valence-corrected chi connectivity index (χ3v) is 2.36. The normalized spacial score (nSPS) is 13.0. The lowest BCUT2D eigenvalue weighted by Gasteiger charge is -2.35. The van der Waals surface area contributed by atoms with E-state index in [9.17, 15) is 44.3 Å². The Hall–Kier alpha value is -1.42. The van der Waals surface area contributed by atoms with Gasteiger partial charge in [0.05, 0.1) is 6.54 Å². The van der Waals surface area contributed by atoms with E-state index in [0.29, 0.717) is 7.05 Å². The number of carbonyl (C=O) groups is 1. The van der Waals surface area contributed by atoms with Gasteiger partial charge in [-0.2, -0.15) is 39.5 Å². The molecule has 24 heavy (non-hydrogen) atoms. The molecule has 0 spiro atoms. The third kappa shape index (κ3) is 5.30. The van der Waals surface area contributed by atoms with E-state index in [1.54, 1.807) is 0 Å². The van der Waals surface area contributed by atoms with Crippen molar-refractivity contribution >= 4 is 5.91 Å². The summed E-state index contributed by atoms with van der Waals surface area (Å²) in [5.74, 6) is -20.8. The summed E-state index contributed by atoms with van der Waals surface area (Å²) >= 11 is 0. The van der Waals surface area contributed by atoms with E-state index >= 15 is 0 Å². The van der Waals surface area contributed by atoms with Gasteiger partial charge in [0.1, 0.15) is 0 Å². The number of hydrogen-bond donors (Lipinski definition) is 0. The quantitative estimate of drug-likeness (QED) is 0.494. The fourth-order valence-corrected chi connectivity index (χ4v) is 1.20. The van der Waals surface area contributed by atoms with Crippen LogP contribution in [0.4, 0.5) is 39.5 Å². The summed E-state index contributed by atoms with van der Waals surface area (Å²) in [5.41, 5.74) is -0.390. The molecule has 0 saturated heterocycles. The number of hydrogen-bond acceptors (Lipinski definition) is 1. The van der Waals surface area contributed by atoms with Crippen LogP contribution in [0.25, 0.3) is 0 Å². The van der Waals surface area contributed by atoms with Gasteiger partial charge in [-0.1, -0.05) is 26.8 Å². The number of nitrogens with zero attached hydrogens (tertiary/aromatic N) is 1. The van der Waals surface area contributed by atoms with Crippen molar-refractivity contribution in [3.05, 3.63) is 12.2 Å². The van der Waals surface area contributed by atoms with Crippen molar-refractivity contribution in [1.82, 2.24) is 4.90 Å². The number of rotatable bonds is 5. The molecule has 0 aromatic rings. The summed E-state index contributed by atoms with van der Waals surface area (Å²) < 4.78 is 113. The fourth-order valence-electron chi connectivity index (χ4n) is 1.20. The third-order valence-electron chi connectivity index (χ3n) is 2.36. The first kappa shape index (κ1) is 24.8. The van der Waals surface area contributed by atoms with Gasteiger partial charge in [0.15, 0.2) is 0 Å². The van der Waals surface area contributed by atoms with Crippen LogP contribution in [0.15, 0.2) is 12.2 Å². The molecule has 0 aromatic heterocycles. The van der Waals surface area contributed by atoms with Crippen molar-refractivity contribution in [3.8, 4) is 0 Å². The topological polar surface area (TPSA) is 20.3 Å². The first-order valence-corrected chi connectivity index (χ1v) is 6.51. The van der Waals surface area contributed by atoms with Crippen LogP contribution in [0, 0.1) is 0 Å². The van der Waals surface area contributed by atoms with Crippen molar-refractivity contribution in [2.24, 2.45) is 0 Å². The van der Waals surface area contributed by atoms with Gasteiger partial charge in [0, 0.05) is 12.6 Å². The van der Waals surface area contributed by atoms with Crippen LogP contribution in [-0.4, -0.2) is 48.3 Å². The van der Waals surface area contributed by atoms with Crippen LogP contribution in [0.2, 0.25) is 0 Å². The van der Waals surface area contributed by atoms with Gasteiger partial charge >= 0.3 is 23.9 Å². The maximum atomic E-state index is 13.1. The van der Waals surface area contributed by atoms with E-state index in [1.165, 1.54) is 6.42 Å². The first-order chi connectivity index (χ1) is 10.4. The largest absolute Gasteiger partial charge is 0.460 e. The standard InChI is InChI=1S/C10H10F9NO.C3H8/c1-5(2)6(21)20(3)4-7(11,12)8(13,14)9(15,16)10(17,18)19;1-3-2/h1,4H2,2-3H3;3H2,1-2H3. The molecule has 0 aliphatic carbocycles. The zero-order valence-electron chi connectivity index (χ0n) is 13.4. The Morgan fingerprint density at radius 1 is 0.917 bits per heavy atom. The molecule has 0 saturated carbocycles. The van der Waals surface area contributed by atoms with Gasteiger partial charge in [0.2, 0.25) is 5.91 Å². The van der Waals surface area contributed by atoms with E-state index in [0.717, 1.165) is 6.92 Å². The van der Waals surface area contributed by atoms with Crippen LogP contribution >= 0.6 is 0 Å². The van der Waals surface area contributed by atoms with Crippen LogP contribution in [-0.2, 0) is 4.79 Å². The molecule has 0 fully saturated rings. The van der Waals surface area contributed by atoms with E-state index in [4.69, 9.17) is 0 Å². The SMILES string of the molecule is C=C(C)C(=O)N(C)CC(F)(F)C(F)(F)C(F)(F)C(F)(F)F.CCC. The molecule has 2 nitrogen and oxygen atoms in total. The predicted octanol–water partition coefficient (Wildman–Crippen LogP) is 4.91. The van der Waals surface area contributed by atoms with E-state index < -0.39 is 36.4 Å². The highest BCUT2D eigenvalue weighted by Crippen LogP contribution is 2.53. The number of likely N-dealkylation sites (N-methyl/N-ethyl adjacent to an activating group) is 1. The average Bonchev–Trinajstić information content (AvgIpc) is 2.36. The number of halogens is 9. The molecule has 0 N–H and O–H groups in total. The van der Waals surface area contributed by atoms with Gasteiger partial charge in [-0.3, -0.25) is 4.79 Å². The molecule has 0 rings (SSSR count). The Labute approximate surface area is 133 Å². The minimum absolute atomic E-state index is 0.122. The van der Waals surface area contributed by atoms with Crippen molar-refractivity contribution in [3.63, 3.8) is 0 Å². The first-order valence-electron chi connectivity index (χ1n) is 6.51. The van der Waals surface area contributed by atoms with Crippen molar-refractivity contribution in [2.45, 2.75) is 51.1 Å². The Bertz CT molecular complexity index is 443. The molecule has 0 heterocycles. The molecule has 0 aliphatic heterocycles. The lowest BCUT2D eigenvalue weighted by molar-refractivity contribution is -0.396. The summed E-state index contributed by atoms with van der Waals surface area (Å²) in [6, 6.07) is 0. The predicted molar refractivity (Wildman–Crippen MR) is 69.3 cm³/mol. The van der Waals surface area contributed by atoms with E-state index in [2.05, 4.69) is 20.4 Å². The van der Waals surface area contributed by atoms with Gasteiger partial charge in [0.25, 0.3) is 0 Å². The van der Waals surface area contributed by atoms with Gasteiger partial charge in [-0.05, 0) is 6.92 Å². The monoisotopic (exact) mass is 375 g/mol. The Morgan fingerprint density at radius 3 is 1.50 bits per heavy atom. The lowest BCUT2D eigenvalue weighted by Crippen LogP contribution is -2.63. The van der Waals surface area contributed by atoms with Crippen LogP contribution in [0.3, 0.4) is 0 Å². The van der Waals surface area contributed by atoms with Crippen molar-refractivity contribution in [2.75, 3.05) is 13.6 Å². The van der Waals surface area contributed by atoms with E-state index in [-0.39, 0.29) is 10.5 Å². The second-order valence-electron chi connectivity index (χ2n) is 5.00. The summed E-state index contributed by atoms with van der Waals surface area (Å²) in [4.78, 5) is 11.0. The number of alkyl halides is 9. The highest BCUT2D eigenvalue weighted by atomic mass is 19.4. The maximum Gasteiger partial charge on any atom is 0.460 e. The Morgan fingerprint density at radius 2 is 1.25 bits per heavy atom. The zero-order chi connectivity index (χ0) is 20.1. The maximum absolute atomic E-state index is 13.1. The van der Waals surface area contributed by atoms with Gasteiger partial charge in [-0.25, -0.2) is 0 Å². The molecule has 0 unspecified atom stereocenters. The van der Waals surface area contributed by atoms with Crippen LogP contribution in [0.1, 0.15) is 27.2 Å².